The number of nitrogen functional groups attached to an aromatic ring is 1. The van der Waals surface area contributed by atoms with Crippen molar-refractivity contribution in [1.29, 1.82) is 0 Å². The second kappa shape index (κ2) is 9.45. The Hall–Kier alpha value is -2.57. The van der Waals surface area contributed by atoms with Crippen LogP contribution in [0.4, 0.5) is 5.69 Å². The van der Waals surface area contributed by atoms with E-state index in [1.54, 1.807) is 32.0 Å². The van der Waals surface area contributed by atoms with Crippen LogP contribution in [0.3, 0.4) is 0 Å². The van der Waals surface area contributed by atoms with Gasteiger partial charge in [0.25, 0.3) is 5.91 Å². The molecule has 0 radical (unpaired) electrons. The van der Waals surface area contributed by atoms with Crippen molar-refractivity contribution in [3.63, 3.8) is 0 Å². The van der Waals surface area contributed by atoms with Crippen molar-refractivity contribution in [2.75, 3.05) is 18.9 Å². The average molecular weight is 322 g/mol. The van der Waals surface area contributed by atoms with E-state index in [2.05, 4.69) is 5.32 Å². The minimum atomic E-state index is -0.923. The Morgan fingerprint density at radius 1 is 1.17 bits per heavy atom. The van der Waals surface area contributed by atoms with Gasteiger partial charge in [0.15, 0.2) is 0 Å². The zero-order chi connectivity index (χ0) is 17.2. The number of rotatable bonds is 8. The van der Waals surface area contributed by atoms with Crippen molar-refractivity contribution in [2.45, 2.75) is 32.7 Å². The number of ether oxygens (including phenoxy) is 2. The highest BCUT2D eigenvalue weighted by Gasteiger charge is 2.23. The van der Waals surface area contributed by atoms with E-state index in [1.807, 2.05) is 0 Å². The summed E-state index contributed by atoms with van der Waals surface area (Å²) < 4.78 is 9.74. The molecule has 3 N–H and O–H groups in total. The van der Waals surface area contributed by atoms with Gasteiger partial charge in [-0.15, -0.1) is 0 Å². The van der Waals surface area contributed by atoms with E-state index in [9.17, 15) is 14.4 Å². The highest BCUT2D eigenvalue weighted by Crippen LogP contribution is 2.08. The first-order chi connectivity index (χ1) is 11.0. The monoisotopic (exact) mass is 322 g/mol. The Balaban J connectivity index is 2.73. The van der Waals surface area contributed by atoms with Crippen LogP contribution in [0.15, 0.2) is 24.3 Å². The third-order valence-electron chi connectivity index (χ3n) is 2.97. The molecule has 0 fully saturated rings. The minimum absolute atomic E-state index is 0.00846. The van der Waals surface area contributed by atoms with Crippen LogP contribution in [0.5, 0.6) is 0 Å². The van der Waals surface area contributed by atoms with Crippen LogP contribution in [0, 0.1) is 0 Å². The van der Waals surface area contributed by atoms with E-state index in [1.165, 1.54) is 6.07 Å². The molecule has 1 aromatic rings. The molecule has 0 aliphatic carbocycles. The fraction of sp³-hybridized carbons (Fsp3) is 0.438. The number of carbonyl (C=O) groups excluding carboxylic acids is 3. The molecular formula is C16H22N2O5. The maximum absolute atomic E-state index is 12.2. The summed E-state index contributed by atoms with van der Waals surface area (Å²) in [5.74, 6) is -1.48. The van der Waals surface area contributed by atoms with E-state index < -0.39 is 23.9 Å². The topological polar surface area (TPSA) is 108 Å². The van der Waals surface area contributed by atoms with Gasteiger partial charge in [-0.1, -0.05) is 6.07 Å². The molecule has 1 amide bonds. The lowest BCUT2D eigenvalue weighted by Crippen LogP contribution is -2.42. The molecule has 7 heteroatoms. The number of benzene rings is 1. The quantitative estimate of drug-likeness (QED) is 0.551. The maximum atomic E-state index is 12.2. The van der Waals surface area contributed by atoms with Crippen LogP contribution < -0.4 is 11.1 Å². The van der Waals surface area contributed by atoms with Gasteiger partial charge in [0, 0.05) is 17.7 Å². The Bertz CT molecular complexity index is 559. The molecule has 0 aromatic heterocycles. The molecule has 1 aromatic carbocycles. The normalized spacial score (nSPS) is 11.4. The van der Waals surface area contributed by atoms with E-state index in [0.717, 1.165) is 0 Å². The van der Waals surface area contributed by atoms with Gasteiger partial charge in [0.2, 0.25) is 0 Å². The fourth-order valence-corrected chi connectivity index (χ4v) is 1.91. The van der Waals surface area contributed by atoms with Crippen molar-refractivity contribution >= 4 is 23.5 Å². The number of carbonyl (C=O) groups is 3. The van der Waals surface area contributed by atoms with Gasteiger partial charge in [-0.2, -0.15) is 0 Å². The largest absolute Gasteiger partial charge is 0.466 e. The van der Waals surface area contributed by atoms with Crippen LogP contribution >= 0.6 is 0 Å². The van der Waals surface area contributed by atoms with Crippen LogP contribution in [-0.2, 0) is 19.1 Å². The Labute approximate surface area is 135 Å². The SMILES string of the molecule is CCOC(=O)CC[C@H](NC(=O)c1cccc(N)c1)C(=O)OCC. The van der Waals surface area contributed by atoms with Crippen LogP contribution in [0.25, 0.3) is 0 Å². The van der Waals surface area contributed by atoms with E-state index in [0.29, 0.717) is 11.3 Å². The molecule has 126 valence electrons. The van der Waals surface area contributed by atoms with Gasteiger partial charge in [-0.25, -0.2) is 4.79 Å². The number of amides is 1. The minimum Gasteiger partial charge on any atom is -0.466 e. The van der Waals surface area contributed by atoms with Gasteiger partial charge in [-0.05, 0) is 38.5 Å². The van der Waals surface area contributed by atoms with Crippen molar-refractivity contribution in [1.82, 2.24) is 5.32 Å². The number of nitrogens with one attached hydrogen (secondary N) is 1. The molecule has 7 nitrogen and oxygen atoms in total. The molecule has 23 heavy (non-hydrogen) atoms. The van der Waals surface area contributed by atoms with Crippen LogP contribution in [0.2, 0.25) is 0 Å². The first-order valence-electron chi connectivity index (χ1n) is 7.46. The van der Waals surface area contributed by atoms with Gasteiger partial charge >= 0.3 is 11.9 Å². The Morgan fingerprint density at radius 3 is 2.48 bits per heavy atom. The molecule has 0 bridgehead atoms. The van der Waals surface area contributed by atoms with Crippen molar-refractivity contribution in [2.24, 2.45) is 0 Å². The molecule has 0 saturated heterocycles. The second-order valence-corrected chi connectivity index (χ2v) is 4.75. The Kier molecular flexibility index (Phi) is 7.59. The molecule has 1 rings (SSSR count). The third kappa shape index (κ3) is 6.37. The van der Waals surface area contributed by atoms with E-state index >= 15 is 0 Å². The molecule has 0 unspecified atom stereocenters. The highest BCUT2D eigenvalue weighted by molar-refractivity contribution is 5.97. The van der Waals surface area contributed by atoms with E-state index in [-0.39, 0.29) is 26.1 Å². The summed E-state index contributed by atoms with van der Waals surface area (Å²) in [7, 11) is 0. The fourth-order valence-electron chi connectivity index (χ4n) is 1.91. The standard InChI is InChI=1S/C16H22N2O5/c1-3-22-14(19)9-8-13(16(21)23-4-2)18-15(20)11-6-5-7-12(17)10-11/h5-7,10,13H,3-4,8-9,17H2,1-2H3,(H,18,20)/t13-/m0/s1. The lowest BCUT2D eigenvalue weighted by atomic mass is 10.1. The first kappa shape index (κ1) is 18.5. The highest BCUT2D eigenvalue weighted by atomic mass is 16.5. The predicted octanol–water partition coefficient (Wildman–Crippen LogP) is 1.27. The number of esters is 2. The van der Waals surface area contributed by atoms with Gasteiger partial charge in [-0.3, -0.25) is 9.59 Å². The van der Waals surface area contributed by atoms with Crippen molar-refractivity contribution in [3.8, 4) is 0 Å². The van der Waals surface area contributed by atoms with E-state index in [4.69, 9.17) is 15.2 Å². The summed E-state index contributed by atoms with van der Waals surface area (Å²) in [6.45, 7) is 3.81. The number of hydrogen-bond acceptors (Lipinski definition) is 6. The van der Waals surface area contributed by atoms with Gasteiger partial charge in [0.1, 0.15) is 6.04 Å². The second-order valence-electron chi connectivity index (χ2n) is 4.75. The molecule has 1 atom stereocenters. The molecule has 0 aliphatic heterocycles. The summed E-state index contributed by atoms with van der Waals surface area (Å²) in [6.07, 6.45) is 0.111. The lowest BCUT2D eigenvalue weighted by molar-refractivity contribution is -0.146. The predicted molar refractivity (Wildman–Crippen MR) is 84.6 cm³/mol. The summed E-state index contributed by atoms with van der Waals surface area (Å²) in [6, 6.07) is 5.46. The number of nitrogens with two attached hydrogens (primary N) is 1. The van der Waals surface area contributed by atoms with Crippen LogP contribution in [-0.4, -0.2) is 37.1 Å². The maximum Gasteiger partial charge on any atom is 0.328 e. The number of hydrogen-bond donors (Lipinski definition) is 2. The molecule has 0 aliphatic rings. The smallest absolute Gasteiger partial charge is 0.328 e. The first-order valence-corrected chi connectivity index (χ1v) is 7.46. The van der Waals surface area contributed by atoms with Crippen LogP contribution in [0.1, 0.15) is 37.0 Å². The summed E-state index contributed by atoms with van der Waals surface area (Å²) in [5, 5.41) is 2.57. The average Bonchev–Trinajstić information content (AvgIpc) is 2.51. The van der Waals surface area contributed by atoms with Gasteiger partial charge < -0.3 is 20.5 Å². The molecular weight excluding hydrogens is 300 g/mol. The number of anilines is 1. The molecule has 0 heterocycles. The summed E-state index contributed by atoms with van der Waals surface area (Å²) >= 11 is 0. The Morgan fingerprint density at radius 2 is 1.87 bits per heavy atom. The summed E-state index contributed by atoms with van der Waals surface area (Å²) in [5.41, 5.74) is 6.40. The van der Waals surface area contributed by atoms with Gasteiger partial charge in [0.05, 0.1) is 13.2 Å². The molecule has 0 spiro atoms. The van der Waals surface area contributed by atoms with Crippen molar-refractivity contribution < 1.29 is 23.9 Å². The zero-order valence-electron chi connectivity index (χ0n) is 13.3. The zero-order valence-corrected chi connectivity index (χ0v) is 13.3. The molecule has 0 saturated carbocycles. The summed E-state index contributed by atoms with van der Waals surface area (Å²) in [4.78, 5) is 35.6. The van der Waals surface area contributed by atoms with Crippen molar-refractivity contribution in [3.05, 3.63) is 29.8 Å². The lowest BCUT2D eigenvalue weighted by Gasteiger charge is -2.17. The third-order valence-corrected chi connectivity index (χ3v) is 2.97.